The molecule has 4 heteroatoms. The van der Waals surface area contributed by atoms with Gasteiger partial charge in [0.1, 0.15) is 6.61 Å². The fourth-order valence-electron chi connectivity index (χ4n) is 1.72. The molecule has 0 aliphatic carbocycles. The number of benzene rings is 1. The second-order valence-corrected chi connectivity index (χ2v) is 4.17. The fraction of sp³-hybridized carbons (Fsp3) is 0.286. The van der Waals surface area contributed by atoms with E-state index in [2.05, 4.69) is 10.2 Å². The lowest BCUT2D eigenvalue weighted by Gasteiger charge is -2.12. The van der Waals surface area contributed by atoms with Gasteiger partial charge in [-0.15, -0.1) is 5.10 Å². The van der Waals surface area contributed by atoms with E-state index < -0.39 is 0 Å². The predicted molar refractivity (Wildman–Crippen MR) is 70.2 cm³/mol. The summed E-state index contributed by atoms with van der Waals surface area (Å²) in [6, 6.07) is 9.96. The minimum absolute atomic E-state index is 0.409. The van der Waals surface area contributed by atoms with Gasteiger partial charge in [-0.25, -0.2) is 0 Å². The van der Waals surface area contributed by atoms with E-state index in [0.717, 1.165) is 22.4 Å². The lowest BCUT2D eigenvalue weighted by atomic mass is 10.1. The molecule has 1 aromatic carbocycles. The average Bonchev–Trinajstić information content (AvgIpc) is 2.41. The van der Waals surface area contributed by atoms with E-state index in [9.17, 15) is 0 Å². The summed E-state index contributed by atoms with van der Waals surface area (Å²) in [6.45, 7) is 4.79. The zero-order valence-corrected chi connectivity index (χ0v) is 10.7. The maximum absolute atomic E-state index is 5.74. The largest absolute Gasteiger partial charge is 0.471 e. The van der Waals surface area contributed by atoms with Gasteiger partial charge >= 0.3 is 0 Å². The zero-order chi connectivity index (χ0) is 13.0. The Morgan fingerprint density at radius 2 is 1.83 bits per heavy atom. The Morgan fingerprint density at radius 1 is 1.11 bits per heavy atom. The first-order valence-corrected chi connectivity index (χ1v) is 5.92. The van der Waals surface area contributed by atoms with Crippen LogP contribution in [0.15, 0.2) is 30.3 Å². The Bertz CT molecular complexity index is 526. The molecule has 2 aromatic rings. The molecular weight excluding hydrogens is 226 g/mol. The molecule has 0 atom stereocenters. The Balaban J connectivity index is 2.17. The molecule has 0 spiro atoms. The number of nitrogens with zero attached hydrogens (tertiary/aromatic N) is 2. The summed E-state index contributed by atoms with van der Waals surface area (Å²) in [4.78, 5) is 0. The van der Waals surface area contributed by atoms with E-state index >= 15 is 0 Å². The van der Waals surface area contributed by atoms with Crippen molar-refractivity contribution in [3.63, 3.8) is 0 Å². The molecule has 4 nitrogen and oxygen atoms in total. The molecule has 0 saturated carbocycles. The molecule has 0 unspecified atom stereocenters. The van der Waals surface area contributed by atoms with Crippen molar-refractivity contribution >= 4 is 0 Å². The van der Waals surface area contributed by atoms with Gasteiger partial charge in [0.05, 0.1) is 5.69 Å². The van der Waals surface area contributed by atoms with Crippen LogP contribution in [-0.4, -0.2) is 10.2 Å². The second kappa shape index (κ2) is 5.60. The highest BCUT2D eigenvalue weighted by molar-refractivity contribution is 5.35. The highest BCUT2D eigenvalue weighted by atomic mass is 16.5. The maximum atomic E-state index is 5.74. The van der Waals surface area contributed by atoms with Gasteiger partial charge in [0, 0.05) is 12.1 Å². The highest BCUT2D eigenvalue weighted by Gasteiger charge is 2.10. The van der Waals surface area contributed by atoms with Crippen molar-refractivity contribution in [3.8, 4) is 5.88 Å². The first-order valence-electron chi connectivity index (χ1n) is 5.92. The maximum Gasteiger partial charge on any atom is 0.238 e. The summed E-state index contributed by atoms with van der Waals surface area (Å²) in [5, 5.41) is 8.14. The van der Waals surface area contributed by atoms with E-state index in [1.54, 1.807) is 0 Å². The van der Waals surface area contributed by atoms with E-state index in [-0.39, 0.29) is 0 Å². The van der Waals surface area contributed by atoms with Gasteiger partial charge < -0.3 is 10.5 Å². The van der Waals surface area contributed by atoms with Crippen LogP contribution < -0.4 is 10.5 Å². The van der Waals surface area contributed by atoms with E-state index in [0.29, 0.717) is 19.0 Å². The van der Waals surface area contributed by atoms with Crippen LogP contribution in [0.1, 0.15) is 22.4 Å². The summed E-state index contributed by atoms with van der Waals surface area (Å²) < 4.78 is 5.70. The number of hydrogen-bond acceptors (Lipinski definition) is 4. The van der Waals surface area contributed by atoms with Gasteiger partial charge in [-0.2, -0.15) is 5.10 Å². The number of rotatable bonds is 4. The first kappa shape index (κ1) is 12.5. The fourth-order valence-corrected chi connectivity index (χ4v) is 1.72. The van der Waals surface area contributed by atoms with Crippen molar-refractivity contribution in [2.45, 2.75) is 27.0 Å². The highest BCUT2D eigenvalue weighted by Crippen LogP contribution is 2.20. The van der Waals surface area contributed by atoms with E-state index in [1.165, 1.54) is 0 Å². The molecule has 2 rings (SSSR count). The van der Waals surface area contributed by atoms with Crippen LogP contribution in [0.25, 0.3) is 0 Å². The minimum Gasteiger partial charge on any atom is -0.471 e. The van der Waals surface area contributed by atoms with Crippen molar-refractivity contribution in [2.24, 2.45) is 5.73 Å². The van der Waals surface area contributed by atoms with E-state index in [1.807, 2.05) is 44.2 Å². The Hall–Kier alpha value is -1.94. The van der Waals surface area contributed by atoms with Crippen molar-refractivity contribution in [2.75, 3.05) is 0 Å². The van der Waals surface area contributed by atoms with Gasteiger partial charge in [-0.05, 0) is 25.0 Å². The van der Waals surface area contributed by atoms with Gasteiger partial charge in [-0.1, -0.05) is 30.3 Å². The van der Waals surface area contributed by atoms with Crippen LogP contribution in [0.5, 0.6) is 5.88 Å². The lowest BCUT2D eigenvalue weighted by molar-refractivity contribution is 0.286. The molecule has 0 bridgehead atoms. The minimum atomic E-state index is 0.409. The standard InChI is InChI=1S/C14H17N3O/c1-10-11(2)16-17-14(13(10)8-15)18-9-12-6-4-3-5-7-12/h3-7H,8-9,15H2,1-2H3. The molecule has 0 aliphatic rings. The van der Waals surface area contributed by atoms with Crippen LogP contribution in [-0.2, 0) is 13.2 Å². The number of aromatic nitrogens is 2. The molecule has 1 heterocycles. The second-order valence-electron chi connectivity index (χ2n) is 4.17. The van der Waals surface area contributed by atoms with Crippen molar-refractivity contribution in [1.82, 2.24) is 10.2 Å². The summed E-state index contributed by atoms with van der Waals surface area (Å²) in [5.74, 6) is 0.532. The van der Waals surface area contributed by atoms with Gasteiger partial charge in [0.25, 0.3) is 0 Å². The summed E-state index contributed by atoms with van der Waals surface area (Å²) in [6.07, 6.45) is 0. The van der Waals surface area contributed by atoms with Crippen LogP contribution in [0.2, 0.25) is 0 Å². The molecule has 0 amide bonds. The normalized spacial score (nSPS) is 10.4. The third-order valence-corrected chi connectivity index (χ3v) is 2.97. The summed E-state index contributed by atoms with van der Waals surface area (Å²) in [5.41, 5.74) is 9.71. The summed E-state index contributed by atoms with van der Waals surface area (Å²) in [7, 11) is 0. The van der Waals surface area contributed by atoms with Crippen LogP contribution in [0, 0.1) is 13.8 Å². The molecule has 0 radical (unpaired) electrons. The van der Waals surface area contributed by atoms with Crippen molar-refractivity contribution < 1.29 is 4.74 Å². The van der Waals surface area contributed by atoms with Crippen LogP contribution >= 0.6 is 0 Å². The molecule has 2 N–H and O–H groups in total. The molecule has 0 aliphatic heterocycles. The Kier molecular flexibility index (Phi) is 3.89. The SMILES string of the molecule is Cc1nnc(OCc2ccccc2)c(CN)c1C. The number of hydrogen-bond donors (Lipinski definition) is 1. The van der Waals surface area contributed by atoms with Crippen molar-refractivity contribution in [3.05, 3.63) is 52.7 Å². The Morgan fingerprint density at radius 3 is 2.50 bits per heavy atom. The third-order valence-electron chi connectivity index (χ3n) is 2.97. The molecule has 0 saturated heterocycles. The molecule has 0 fully saturated rings. The number of ether oxygens (including phenoxy) is 1. The van der Waals surface area contributed by atoms with Gasteiger partial charge in [0.2, 0.25) is 5.88 Å². The number of nitrogens with two attached hydrogens (primary N) is 1. The zero-order valence-electron chi connectivity index (χ0n) is 10.7. The Labute approximate surface area is 107 Å². The first-order chi connectivity index (χ1) is 8.72. The number of aryl methyl sites for hydroxylation is 1. The summed E-state index contributed by atoms with van der Waals surface area (Å²) >= 11 is 0. The average molecular weight is 243 g/mol. The molecule has 18 heavy (non-hydrogen) atoms. The molecular formula is C14H17N3O. The van der Waals surface area contributed by atoms with Gasteiger partial charge in [-0.3, -0.25) is 0 Å². The molecule has 1 aromatic heterocycles. The quantitative estimate of drug-likeness (QED) is 0.893. The lowest BCUT2D eigenvalue weighted by Crippen LogP contribution is -2.09. The van der Waals surface area contributed by atoms with Crippen LogP contribution in [0.4, 0.5) is 0 Å². The smallest absolute Gasteiger partial charge is 0.238 e. The topological polar surface area (TPSA) is 61.0 Å². The van der Waals surface area contributed by atoms with Gasteiger partial charge in [0.15, 0.2) is 0 Å². The van der Waals surface area contributed by atoms with Crippen LogP contribution in [0.3, 0.4) is 0 Å². The predicted octanol–water partition coefficient (Wildman–Crippen LogP) is 2.13. The van der Waals surface area contributed by atoms with E-state index in [4.69, 9.17) is 10.5 Å². The monoisotopic (exact) mass is 243 g/mol. The molecule has 94 valence electrons. The van der Waals surface area contributed by atoms with Crippen molar-refractivity contribution in [1.29, 1.82) is 0 Å². The third kappa shape index (κ3) is 2.65.